The van der Waals surface area contributed by atoms with Crippen LogP contribution < -0.4 is 11.5 Å². The van der Waals surface area contributed by atoms with Crippen molar-refractivity contribution in [2.45, 2.75) is 52.4 Å². The summed E-state index contributed by atoms with van der Waals surface area (Å²) < 4.78 is 0. The number of rotatable bonds is 4. The molecule has 0 atom stereocenters. The van der Waals surface area contributed by atoms with Gasteiger partial charge in [-0.2, -0.15) is 0 Å². The maximum atomic E-state index is 6.14. The van der Waals surface area contributed by atoms with E-state index in [0.717, 1.165) is 37.1 Å². The molecule has 116 valence electrons. The first-order valence-corrected chi connectivity index (χ1v) is 8.37. The molecular formula is C20H26N2. The first-order chi connectivity index (χ1) is 10.6. The van der Waals surface area contributed by atoms with E-state index in [9.17, 15) is 0 Å². The summed E-state index contributed by atoms with van der Waals surface area (Å²) in [5, 5.41) is 0. The van der Waals surface area contributed by atoms with Gasteiger partial charge in [0.05, 0.1) is 0 Å². The zero-order valence-corrected chi connectivity index (χ0v) is 13.7. The van der Waals surface area contributed by atoms with Crippen molar-refractivity contribution in [3.8, 4) is 0 Å². The highest BCUT2D eigenvalue weighted by atomic mass is 14.6. The van der Waals surface area contributed by atoms with Crippen LogP contribution in [0.25, 0.3) is 0 Å². The highest BCUT2D eigenvalue weighted by Crippen LogP contribution is 2.32. The fourth-order valence-corrected chi connectivity index (χ4v) is 3.77. The lowest BCUT2D eigenvalue weighted by Gasteiger charge is -2.16. The summed E-state index contributed by atoms with van der Waals surface area (Å²) in [7, 11) is 0. The lowest BCUT2D eigenvalue weighted by atomic mass is 9.90. The fraction of sp³-hybridized carbons (Fsp3) is 0.400. The monoisotopic (exact) mass is 294 g/mol. The lowest BCUT2D eigenvalue weighted by molar-refractivity contribution is 0.889. The van der Waals surface area contributed by atoms with Crippen molar-refractivity contribution in [1.82, 2.24) is 0 Å². The van der Waals surface area contributed by atoms with Crippen LogP contribution in [0.4, 0.5) is 11.4 Å². The van der Waals surface area contributed by atoms with Crippen LogP contribution >= 0.6 is 0 Å². The average Bonchev–Trinajstić information content (AvgIpc) is 3.00. The molecule has 2 aromatic rings. The Kier molecular flexibility index (Phi) is 4.10. The van der Waals surface area contributed by atoms with E-state index in [1.165, 1.54) is 46.2 Å². The summed E-state index contributed by atoms with van der Waals surface area (Å²) >= 11 is 0. The third-order valence-corrected chi connectivity index (χ3v) is 5.04. The predicted octanol–water partition coefficient (Wildman–Crippen LogP) is 4.19. The van der Waals surface area contributed by atoms with Crippen molar-refractivity contribution in [2.24, 2.45) is 0 Å². The van der Waals surface area contributed by atoms with Gasteiger partial charge in [0, 0.05) is 11.4 Å². The van der Waals surface area contributed by atoms with Gasteiger partial charge in [-0.05, 0) is 84.5 Å². The van der Waals surface area contributed by atoms with Crippen LogP contribution in [-0.2, 0) is 25.7 Å². The minimum absolute atomic E-state index is 0.912. The number of nitrogens with two attached hydrogens (primary N) is 2. The lowest BCUT2D eigenvalue weighted by Crippen LogP contribution is -2.04. The summed E-state index contributed by atoms with van der Waals surface area (Å²) in [4.78, 5) is 0. The molecular weight excluding hydrogens is 268 g/mol. The molecule has 0 saturated carbocycles. The van der Waals surface area contributed by atoms with Gasteiger partial charge < -0.3 is 11.5 Å². The molecule has 0 unspecified atom stereocenters. The second kappa shape index (κ2) is 6.04. The molecule has 0 saturated heterocycles. The molecule has 22 heavy (non-hydrogen) atoms. The first-order valence-electron chi connectivity index (χ1n) is 8.37. The normalized spacial score (nSPS) is 13.4. The Labute approximate surface area is 133 Å². The van der Waals surface area contributed by atoms with Crippen LogP contribution in [0.2, 0.25) is 0 Å². The SMILES string of the molecule is CCCc1c(Cc2ccc(N)c3c2CCC3)ccc(N)c1C. The Balaban J connectivity index is 2.01. The summed E-state index contributed by atoms with van der Waals surface area (Å²) in [6.45, 7) is 4.38. The largest absolute Gasteiger partial charge is 0.399 e. The van der Waals surface area contributed by atoms with Gasteiger partial charge >= 0.3 is 0 Å². The molecule has 0 bridgehead atoms. The second-order valence-corrected chi connectivity index (χ2v) is 6.47. The molecule has 0 radical (unpaired) electrons. The average molecular weight is 294 g/mol. The third kappa shape index (κ3) is 2.58. The molecule has 0 spiro atoms. The number of fused-ring (bicyclic) bond motifs is 1. The summed E-state index contributed by atoms with van der Waals surface area (Å²) in [5.74, 6) is 0. The van der Waals surface area contributed by atoms with E-state index < -0.39 is 0 Å². The van der Waals surface area contributed by atoms with E-state index in [0.29, 0.717) is 0 Å². The van der Waals surface area contributed by atoms with E-state index in [4.69, 9.17) is 11.5 Å². The van der Waals surface area contributed by atoms with E-state index in [2.05, 4.69) is 38.1 Å². The number of hydrogen-bond acceptors (Lipinski definition) is 2. The number of benzene rings is 2. The first kappa shape index (κ1) is 15.0. The molecule has 0 fully saturated rings. The van der Waals surface area contributed by atoms with Crippen molar-refractivity contribution in [1.29, 1.82) is 0 Å². The van der Waals surface area contributed by atoms with Crippen molar-refractivity contribution in [3.05, 3.63) is 57.6 Å². The second-order valence-electron chi connectivity index (χ2n) is 6.47. The minimum atomic E-state index is 0.912. The smallest absolute Gasteiger partial charge is 0.0349 e. The maximum absolute atomic E-state index is 6.14. The Morgan fingerprint density at radius 1 is 0.909 bits per heavy atom. The Bertz CT molecular complexity index is 701. The van der Waals surface area contributed by atoms with Gasteiger partial charge in [0.1, 0.15) is 0 Å². The molecule has 0 amide bonds. The highest BCUT2D eigenvalue weighted by molar-refractivity contribution is 5.58. The van der Waals surface area contributed by atoms with Gasteiger partial charge in [-0.3, -0.25) is 0 Å². The molecule has 2 heteroatoms. The summed E-state index contributed by atoms with van der Waals surface area (Å²) in [6, 6.07) is 8.58. The number of nitrogen functional groups attached to an aromatic ring is 2. The third-order valence-electron chi connectivity index (χ3n) is 5.04. The standard InChI is InChI=1S/C20H26N2/c1-3-5-16-13(2)19(21)10-8-14(16)12-15-9-11-20(22)18-7-4-6-17(15)18/h8-11H,3-7,12,21-22H2,1-2H3. The van der Waals surface area contributed by atoms with Gasteiger partial charge in [-0.15, -0.1) is 0 Å². The van der Waals surface area contributed by atoms with E-state index in [1.54, 1.807) is 0 Å². The molecule has 2 aromatic carbocycles. The molecule has 3 rings (SSSR count). The Morgan fingerprint density at radius 2 is 1.59 bits per heavy atom. The van der Waals surface area contributed by atoms with Crippen LogP contribution in [-0.4, -0.2) is 0 Å². The quantitative estimate of drug-likeness (QED) is 0.831. The molecule has 0 heterocycles. The van der Waals surface area contributed by atoms with Gasteiger partial charge in [0.25, 0.3) is 0 Å². The van der Waals surface area contributed by atoms with Gasteiger partial charge in [-0.1, -0.05) is 25.5 Å². The summed E-state index contributed by atoms with van der Waals surface area (Å²) in [6.07, 6.45) is 6.79. The van der Waals surface area contributed by atoms with E-state index >= 15 is 0 Å². The fourth-order valence-electron chi connectivity index (χ4n) is 3.77. The van der Waals surface area contributed by atoms with Crippen molar-refractivity contribution in [2.75, 3.05) is 11.5 Å². The van der Waals surface area contributed by atoms with E-state index in [-0.39, 0.29) is 0 Å². The van der Waals surface area contributed by atoms with Crippen molar-refractivity contribution >= 4 is 11.4 Å². The minimum Gasteiger partial charge on any atom is -0.399 e. The number of anilines is 2. The van der Waals surface area contributed by atoms with Crippen LogP contribution in [0.3, 0.4) is 0 Å². The molecule has 1 aliphatic carbocycles. The summed E-state index contributed by atoms with van der Waals surface area (Å²) in [5.41, 5.74) is 22.6. The topological polar surface area (TPSA) is 52.0 Å². The van der Waals surface area contributed by atoms with Crippen molar-refractivity contribution < 1.29 is 0 Å². The zero-order chi connectivity index (χ0) is 15.7. The van der Waals surface area contributed by atoms with Crippen LogP contribution in [0.15, 0.2) is 24.3 Å². The molecule has 1 aliphatic rings. The predicted molar refractivity (Wildman–Crippen MR) is 95.3 cm³/mol. The Hall–Kier alpha value is -1.96. The van der Waals surface area contributed by atoms with Crippen LogP contribution in [0, 0.1) is 6.92 Å². The van der Waals surface area contributed by atoms with Crippen LogP contribution in [0.1, 0.15) is 53.1 Å². The highest BCUT2D eigenvalue weighted by Gasteiger charge is 2.18. The van der Waals surface area contributed by atoms with E-state index in [1.807, 2.05) is 0 Å². The van der Waals surface area contributed by atoms with Gasteiger partial charge in [0.15, 0.2) is 0 Å². The van der Waals surface area contributed by atoms with Gasteiger partial charge in [0.2, 0.25) is 0 Å². The molecule has 0 aliphatic heterocycles. The molecule has 0 aromatic heterocycles. The van der Waals surface area contributed by atoms with Crippen LogP contribution in [0.5, 0.6) is 0 Å². The zero-order valence-electron chi connectivity index (χ0n) is 13.7. The maximum Gasteiger partial charge on any atom is 0.0349 e. The molecule has 2 nitrogen and oxygen atoms in total. The Morgan fingerprint density at radius 3 is 2.36 bits per heavy atom. The van der Waals surface area contributed by atoms with Crippen molar-refractivity contribution in [3.63, 3.8) is 0 Å². The molecule has 4 N–H and O–H groups in total. The van der Waals surface area contributed by atoms with Gasteiger partial charge in [-0.25, -0.2) is 0 Å². The number of hydrogen-bond donors (Lipinski definition) is 2.